The van der Waals surface area contributed by atoms with Gasteiger partial charge in [-0.1, -0.05) is 25.0 Å². The van der Waals surface area contributed by atoms with Gasteiger partial charge in [0.25, 0.3) is 5.69 Å². The molecule has 164 valence electrons. The largest absolute Gasteiger partial charge is 0.385 e. The maximum absolute atomic E-state index is 10.7. The number of benzene rings is 1. The highest BCUT2D eigenvalue weighted by Crippen LogP contribution is 2.40. The second kappa shape index (κ2) is 13.7. The Morgan fingerprint density at radius 1 is 1.21 bits per heavy atom. The van der Waals surface area contributed by atoms with E-state index in [1.54, 1.807) is 19.2 Å². The lowest BCUT2D eigenvalue weighted by molar-refractivity contribution is -0.384. The van der Waals surface area contributed by atoms with Crippen molar-refractivity contribution in [2.24, 2.45) is 10.4 Å². The number of nitro groups is 1. The zero-order valence-corrected chi connectivity index (χ0v) is 19.9. The number of nitrogens with one attached hydrogen (secondary N) is 2. The van der Waals surface area contributed by atoms with E-state index in [1.807, 2.05) is 19.2 Å². The van der Waals surface area contributed by atoms with Gasteiger partial charge in [0.2, 0.25) is 0 Å². The van der Waals surface area contributed by atoms with Gasteiger partial charge in [0.15, 0.2) is 5.96 Å². The summed E-state index contributed by atoms with van der Waals surface area (Å²) in [7, 11) is 3.58. The Hall–Kier alpha value is -1.42. The van der Waals surface area contributed by atoms with Crippen LogP contribution >= 0.6 is 24.0 Å². The molecule has 7 nitrogen and oxygen atoms in total. The average Bonchev–Trinajstić information content (AvgIpc) is 3.18. The summed E-state index contributed by atoms with van der Waals surface area (Å²) in [5.41, 5.74) is 1.61. The lowest BCUT2D eigenvalue weighted by Crippen LogP contribution is -2.43. The molecule has 1 aromatic rings. The Kier molecular flexibility index (Phi) is 12.1. The molecule has 8 heteroatoms. The first kappa shape index (κ1) is 25.6. The quantitative estimate of drug-likeness (QED) is 0.114. The van der Waals surface area contributed by atoms with Gasteiger partial charge in [0.1, 0.15) is 0 Å². The Morgan fingerprint density at radius 3 is 2.48 bits per heavy atom. The van der Waals surface area contributed by atoms with Crippen LogP contribution in [0.4, 0.5) is 5.69 Å². The van der Waals surface area contributed by atoms with Gasteiger partial charge < -0.3 is 15.4 Å². The predicted octanol–water partition coefficient (Wildman–Crippen LogP) is 4.30. The van der Waals surface area contributed by atoms with Crippen LogP contribution in [0, 0.1) is 15.5 Å². The highest BCUT2D eigenvalue weighted by molar-refractivity contribution is 14.0. The minimum absolute atomic E-state index is 0. The van der Waals surface area contributed by atoms with Crippen molar-refractivity contribution >= 4 is 35.6 Å². The van der Waals surface area contributed by atoms with Crippen LogP contribution in [0.3, 0.4) is 0 Å². The summed E-state index contributed by atoms with van der Waals surface area (Å²) in [6, 6.07) is 6.82. The van der Waals surface area contributed by atoms with Crippen LogP contribution < -0.4 is 10.6 Å². The van der Waals surface area contributed by atoms with Crippen molar-refractivity contribution < 1.29 is 9.66 Å². The number of nitro benzene ring substituents is 1. The molecule has 1 aliphatic carbocycles. The van der Waals surface area contributed by atoms with Crippen LogP contribution in [0.5, 0.6) is 0 Å². The van der Waals surface area contributed by atoms with Crippen LogP contribution in [-0.4, -0.2) is 44.7 Å². The molecule has 0 radical (unpaired) electrons. The van der Waals surface area contributed by atoms with Gasteiger partial charge in [-0.3, -0.25) is 15.1 Å². The minimum atomic E-state index is -0.364. The van der Waals surface area contributed by atoms with Gasteiger partial charge in [-0.25, -0.2) is 0 Å². The number of aliphatic imine (C=N–C) groups is 1. The number of non-ortho nitro benzene ring substituents is 1. The molecule has 0 heterocycles. The van der Waals surface area contributed by atoms with Crippen LogP contribution in [0.25, 0.3) is 0 Å². The number of methoxy groups -OCH3 is 1. The van der Waals surface area contributed by atoms with Crippen LogP contribution in [0.1, 0.15) is 50.5 Å². The molecule has 0 aliphatic heterocycles. The lowest BCUT2D eigenvalue weighted by atomic mass is 9.83. The minimum Gasteiger partial charge on any atom is -0.385 e. The standard InChI is InChI=1S/C21H34N4O3.HI/c1-22-20(24-17-21(14-16-28-2)12-4-5-13-21)23-15-6-3-7-18-8-10-19(11-9-18)25(26)27;/h8-11H,3-7,12-17H2,1-2H3,(H2,22,23,24);1H. The molecule has 0 spiro atoms. The summed E-state index contributed by atoms with van der Waals surface area (Å²) in [6.07, 6.45) is 9.20. The molecule has 0 bridgehead atoms. The van der Waals surface area contributed by atoms with Crippen molar-refractivity contribution in [1.82, 2.24) is 10.6 Å². The van der Waals surface area contributed by atoms with Crippen molar-refractivity contribution in [2.45, 2.75) is 51.4 Å². The molecule has 2 rings (SSSR count). The summed E-state index contributed by atoms with van der Waals surface area (Å²) in [5, 5.41) is 17.6. The van der Waals surface area contributed by atoms with Gasteiger partial charge in [-0.05, 0) is 49.5 Å². The third-order valence-corrected chi connectivity index (χ3v) is 5.69. The zero-order valence-electron chi connectivity index (χ0n) is 17.6. The third-order valence-electron chi connectivity index (χ3n) is 5.69. The molecule has 29 heavy (non-hydrogen) atoms. The smallest absolute Gasteiger partial charge is 0.269 e. The van der Waals surface area contributed by atoms with Crippen LogP contribution in [0.2, 0.25) is 0 Å². The molecule has 1 aliphatic rings. The van der Waals surface area contributed by atoms with Gasteiger partial charge in [-0.2, -0.15) is 0 Å². The molecule has 0 unspecified atom stereocenters. The number of nitrogens with zero attached hydrogens (tertiary/aromatic N) is 2. The van der Waals surface area contributed by atoms with Gasteiger partial charge in [-0.15, -0.1) is 24.0 Å². The number of hydrogen-bond acceptors (Lipinski definition) is 4. The highest BCUT2D eigenvalue weighted by Gasteiger charge is 2.33. The molecule has 0 aromatic heterocycles. The zero-order chi connectivity index (χ0) is 20.2. The van der Waals surface area contributed by atoms with Crippen molar-refractivity contribution in [1.29, 1.82) is 0 Å². The van der Waals surface area contributed by atoms with E-state index in [2.05, 4.69) is 15.6 Å². The first-order valence-electron chi connectivity index (χ1n) is 10.3. The van der Waals surface area contributed by atoms with E-state index in [0.29, 0.717) is 5.41 Å². The molecular weight excluding hydrogens is 483 g/mol. The van der Waals surface area contributed by atoms with Crippen molar-refractivity contribution in [3.05, 3.63) is 39.9 Å². The van der Waals surface area contributed by atoms with Crippen molar-refractivity contribution in [3.63, 3.8) is 0 Å². The fraction of sp³-hybridized carbons (Fsp3) is 0.667. The molecular formula is C21H35IN4O3. The third kappa shape index (κ3) is 8.86. The topological polar surface area (TPSA) is 88.8 Å². The first-order valence-corrected chi connectivity index (χ1v) is 10.3. The van der Waals surface area contributed by atoms with Gasteiger partial charge >= 0.3 is 0 Å². The van der Waals surface area contributed by atoms with Crippen LogP contribution in [0.15, 0.2) is 29.3 Å². The van der Waals surface area contributed by atoms with E-state index < -0.39 is 0 Å². The summed E-state index contributed by atoms with van der Waals surface area (Å²) < 4.78 is 5.30. The van der Waals surface area contributed by atoms with E-state index in [-0.39, 0.29) is 34.6 Å². The number of aryl methyl sites for hydroxylation is 1. The first-order chi connectivity index (χ1) is 13.6. The summed E-state index contributed by atoms with van der Waals surface area (Å²) in [4.78, 5) is 14.7. The summed E-state index contributed by atoms with van der Waals surface area (Å²) in [6.45, 7) is 2.62. The second-order valence-corrected chi connectivity index (χ2v) is 7.68. The summed E-state index contributed by atoms with van der Waals surface area (Å²) >= 11 is 0. The van der Waals surface area contributed by atoms with E-state index >= 15 is 0 Å². The normalized spacial score (nSPS) is 15.6. The number of ether oxygens (including phenoxy) is 1. The lowest BCUT2D eigenvalue weighted by Gasteiger charge is -2.30. The number of unbranched alkanes of at least 4 members (excludes halogenated alkanes) is 1. The molecule has 0 saturated heterocycles. The average molecular weight is 518 g/mol. The summed E-state index contributed by atoms with van der Waals surface area (Å²) in [5.74, 6) is 0.860. The number of rotatable bonds is 11. The fourth-order valence-corrected chi connectivity index (χ4v) is 3.90. The number of guanidine groups is 1. The Labute approximate surface area is 191 Å². The molecule has 1 saturated carbocycles. The molecule has 1 aromatic carbocycles. The Bertz CT molecular complexity index is 631. The van der Waals surface area contributed by atoms with Crippen LogP contribution in [-0.2, 0) is 11.2 Å². The molecule has 0 atom stereocenters. The monoisotopic (exact) mass is 518 g/mol. The fourth-order valence-electron chi connectivity index (χ4n) is 3.90. The highest BCUT2D eigenvalue weighted by atomic mass is 127. The van der Waals surface area contributed by atoms with E-state index in [9.17, 15) is 10.1 Å². The van der Waals surface area contributed by atoms with Gasteiger partial charge in [0, 0.05) is 46.0 Å². The Balaban J connectivity index is 0.00000420. The maximum atomic E-state index is 10.7. The van der Waals surface area contributed by atoms with E-state index in [4.69, 9.17) is 4.74 Å². The molecule has 0 amide bonds. The molecule has 2 N–H and O–H groups in total. The van der Waals surface area contributed by atoms with E-state index in [1.165, 1.54) is 25.7 Å². The predicted molar refractivity (Wildman–Crippen MR) is 128 cm³/mol. The SMILES string of the molecule is CN=C(NCCCCc1ccc([N+](=O)[O-])cc1)NCC1(CCOC)CCCC1.I. The number of hydrogen-bond donors (Lipinski definition) is 2. The van der Waals surface area contributed by atoms with Gasteiger partial charge in [0.05, 0.1) is 4.92 Å². The second-order valence-electron chi connectivity index (χ2n) is 7.68. The Morgan fingerprint density at radius 2 is 1.90 bits per heavy atom. The molecule has 1 fully saturated rings. The number of halogens is 1. The maximum Gasteiger partial charge on any atom is 0.269 e. The van der Waals surface area contributed by atoms with E-state index in [0.717, 1.165) is 56.9 Å². The van der Waals surface area contributed by atoms with Crippen molar-refractivity contribution in [3.8, 4) is 0 Å². The van der Waals surface area contributed by atoms with Crippen molar-refractivity contribution in [2.75, 3.05) is 33.9 Å².